The summed E-state index contributed by atoms with van der Waals surface area (Å²) in [5, 5.41) is 2.54. The van der Waals surface area contributed by atoms with E-state index in [1.807, 2.05) is 30.4 Å². The molecule has 0 spiro atoms. The molecule has 2 aromatic carbocycles. The fourth-order valence-electron chi connectivity index (χ4n) is 2.18. The molecule has 2 rings (SSSR count). The van der Waals surface area contributed by atoms with Crippen LogP contribution in [0, 0.1) is 0 Å². The van der Waals surface area contributed by atoms with Gasteiger partial charge in [-0.3, -0.25) is 0 Å². The van der Waals surface area contributed by atoms with E-state index < -0.39 is 6.03 Å². The number of amides is 2. The van der Waals surface area contributed by atoms with Crippen molar-refractivity contribution in [2.24, 2.45) is 5.73 Å². The van der Waals surface area contributed by atoms with Crippen molar-refractivity contribution in [3.05, 3.63) is 47.5 Å². The van der Waals surface area contributed by atoms with E-state index in [0.29, 0.717) is 22.9 Å². The van der Waals surface area contributed by atoms with Crippen LogP contribution in [-0.4, -0.2) is 27.4 Å². The van der Waals surface area contributed by atoms with Crippen LogP contribution in [0.15, 0.2) is 36.4 Å². The van der Waals surface area contributed by atoms with Crippen molar-refractivity contribution in [1.82, 2.24) is 0 Å². The number of anilines is 1. The zero-order chi connectivity index (χ0) is 17.5. The molecule has 0 aliphatic rings. The van der Waals surface area contributed by atoms with E-state index in [2.05, 4.69) is 5.32 Å². The molecule has 0 saturated carbocycles. The Hall–Kier alpha value is -3.15. The van der Waals surface area contributed by atoms with Crippen LogP contribution >= 0.6 is 0 Å². The fraction of sp³-hybridized carbons (Fsp3) is 0.167. The molecule has 0 aliphatic carbocycles. The summed E-state index contributed by atoms with van der Waals surface area (Å²) in [5.41, 5.74) is 7.48. The largest absolute Gasteiger partial charge is 0.497 e. The van der Waals surface area contributed by atoms with E-state index in [4.69, 9.17) is 19.9 Å². The lowest BCUT2D eigenvalue weighted by molar-refractivity contribution is 0.259. The molecule has 0 aliphatic heterocycles. The molecule has 0 radical (unpaired) electrons. The summed E-state index contributed by atoms with van der Waals surface area (Å²) in [6.07, 6.45) is 3.82. The SMILES string of the molecule is COc1cc(/C=C/c2ccc(OC)c(NC(N)=O)c2)cc(OC)c1. The second-order valence-corrected chi connectivity index (χ2v) is 4.93. The van der Waals surface area contributed by atoms with Crippen molar-refractivity contribution in [2.75, 3.05) is 26.6 Å². The predicted molar refractivity (Wildman–Crippen MR) is 94.7 cm³/mol. The maximum Gasteiger partial charge on any atom is 0.316 e. The number of hydrogen-bond acceptors (Lipinski definition) is 4. The molecule has 0 bridgehead atoms. The van der Waals surface area contributed by atoms with Gasteiger partial charge in [-0.25, -0.2) is 4.79 Å². The standard InChI is InChI=1S/C18H20N2O4/c1-22-14-8-13(9-15(11-14)23-2)5-4-12-6-7-17(24-3)16(10-12)20-18(19)21/h4-11H,1-3H3,(H3,19,20,21)/b5-4+. The minimum absolute atomic E-state index is 0.510. The minimum atomic E-state index is -0.646. The first-order chi connectivity index (χ1) is 11.5. The van der Waals surface area contributed by atoms with Crippen molar-refractivity contribution in [2.45, 2.75) is 0 Å². The fourth-order valence-corrected chi connectivity index (χ4v) is 2.18. The summed E-state index contributed by atoms with van der Waals surface area (Å²) in [4.78, 5) is 11.1. The van der Waals surface area contributed by atoms with Gasteiger partial charge in [-0.05, 0) is 35.4 Å². The number of benzene rings is 2. The Morgan fingerprint density at radius 1 is 0.917 bits per heavy atom. The maximum absolute atomic E-state index is 11.1. The molecule has 6 nitrogen and oxygen atoms in total. The number of hydrogen-bond donors (Lipinski definition) is 2. The third-order valence-corrected chi connectivity index (χ3v) is 3.32. The van der Waals surface area contributed by atoms with Gasteiger partial charge in [0.2, 0.25) is 0 Å². The second-order valence-electron chi connectivity index (χ2n) is 4.93. The van der Waals surface area contributed by atoms with Gasteiger partial charge in [-0.2, -0.15) is 0 Å². The Morgan fingerprint density at radius 2 is 1.54 bits per heavy atom. The van der Waals surface area contributed by atoms with E-state index >= 15 is 0 Å². The van der Waals surface area contributed by atoms with Gasteiger partial charge in [-0.15, -0.1) is 0 Å². The van der Waals surface area contributed by atoms with Gasteiger partial charge >= 0.3 is 6.03 Å². The Kier molecular flexibility index (Phi) is 5.68. The Labute approximate surface area is 140 Å². The normalized spacial score (nSPS) is 10.5. The molecule has 0 fully saturated rings. The zero-order valence-corrected chi connectivity index (χ0v) is 13.8. The van der Waals surface area contributed by atoms with Crippen molar-refractivity contribution >= 4 is 23.9 Å². The van der Waals surface area contributed by atoms with Crippen LogP contribution in [0.2, 0.25) is 0 Å². The van der Waals surface area contributed by atoms with E-state index in [1.165, 1.54) is 7.11 Å². The molecule has 2 amide bonds. The number of rotatable bonds is 6. The predicted octanol–water partition coefficient (Wildman–Crippen LogP) is 3.37. The van der Waals surface area contributed by atoms with Crippen LogP contribution in [0.1, 0.15) is 11.1 Å². The van der Waals surface area contributed by atoms with Crippen LogP contribution in [0.4, 0.5) is 10.5 Å². The Bertz CT molecular complexity index is 734. The van der Waals surface area contributed by atoms with Crippen LogP contribution in [0.5, 0.6) is 17.2 Å². The summed E-state index contributed by atoms with van der Waals surface area (Å²) in [7, 11) is 4.74. The minimum Gasteiger partial charge on any atom is -0.497 e. The molecule has 2 aromatic rings. The van der Waals surface area contributed by atoms with Crippen molar-refractivity contribution in [1.29, 1.82) is 0 Å². The van der Waals surface area contributed by atoms with E-state index in [9.17, 15) is 4.79 Å². The molecule has 0 heterocycles. The lowest BCUT2D eigenvalue weighted by Crippen LogP contribution is -2.19. The third kappa shape index (κ3) is 4.42. The summed E-state index contributed by atoms with van der Waals surface area (Å²) < 4.78 is 15.7. The number of carbonyl (C=O) groups is 1. The molecule has 3 N–H and O–H groups in total. The smallest absolute Gasteiger partial charge is 0.316 e. The first-order valence-electron chi connectivity index (χ1n) is 7.21. The summed E-state index contributed by atoms with van der Waals surface area (Å²) in [6.45, 7) is 0. The van der Waals surface area contributed by atoms with Crippen LogP contribution in [0.25, 0.3) is 12.2 Å². The summed E-state index contributed by atoms with van der Waals surface area (Å²) >= 11 is 0. The molecular formula is C18H20N2O4. The number of urea groups is 1. The first-order valence-corrected chi connectivity index (χ1v) is 7.21. The van der Waals surface area contributed by atoms with Crippen molar-refractivity contribution < 1.29 is 19.0 Å². The highest BCUT2D eigenvalue weighted by Crippen LogP contribution is 2.27. The van der Waals surface area contributed by atoms with E-state index in [1.54, 1.807) is 32.4 Å². The molecule has 0 unspecified atom stereocenters. The molecule has 126 valence electrons. The summed E-state index contributed by atoms with van der Waals surface area (Å²) in [5.74, 6) is 1.95. The molecule has 0 atom stereocenters. The molecule has 0 saturated heterocycles. The lowest BCUT2D eigenvalue weighted by atomic mass is 10.1. The maximum atomic E-state index is 11.1. The lowest BCUT2D eigenvalue weighted by Gasteiger charge is -2.09. The van der Waals surface area contributed by atoms with Gasteiger partial charge < -0.3 is 25.3 Å². The van der Waals surface area contributed by atoms with Gasteiger partial charge in [0.25, 0.3) is 0 Å². The highest BCUT2D eigenvalue weighted by Gasteiger charge is 2.05. The van der Waals surface area contributed by atoms with Gasteiger partial charge in [0.05, 0.1) is 27.0 Å². The first kappa shape index (κ1) is 17.2. The Balaban J connectivity index is 2.30. The second kappa shape index (κ2) is 7.92. The quantitative estimate of drug-likeness (QED) is 0.796. The molecule has 6 heteroatoms. The van der Waals surface area contributed by atoms with Crippen LogP contribution in [0.3, 0.4) is 0 Å². The number of nitrogens with two attached hydrogens (primary N) is 1. The van der Waals surface area contributed by atoms with Gasteiger partial charge in [-0.1, -0.05) is 18.2 Å². The Morgan fingerprint density at radius 3 is 2.08 bits per heavy atom. The number of carbonyl (C=O) groups excluding carboxylic acids is 1. The summed E-state index contributed by atoms with van der Waals surface area (Å²) in [6, 6.07) is 10.4. The number of primary amides is 1. The topological polar surface area (TPSA) is 82.8 Å². The van der Waals surface area contributed by atoms with Crippen LogP contribution < -0.4 is 25.3 Å². The third-order valence-electron chi connectivity index (χ3n) is 3.32. The monoisotopic (exact) mass is 328 g/mol. The van der Waals surface area contributed by atoms with E-state index in [0.717, 1.165) is 11.1 Å². The number of ether oxygens (including phenoxy) is 3. The van der Waals surface area contributed by atoms with Gasteiger partial charge in [0.15, 0.2) is 0 Å². The van der Waals surface area contributed by atoms with E-state index in [-0.39, 0.29) is 0 Å². The molecule has 0 aromatic heterocycles. The van der Waals surface area contributed by atoms with Crippen molar-refractivity contribution in [3.63, 3.8) is 0 Å². The average molecular weight is 328 g/mol. The van der Waals surface area contributed by atoms with Gasteiger partial charge in [0.1, 0.15) is 17.2 Å². The van der Waals surface area contributed by atoms with Crippen LogP contribution in [-0.2, 0) is 0 Å². The zero-order valence-electron chi connectivity index (χ0n) is 13.8. The number of methoxy groups -OCH3 is 3. The highest BCUT2D eigenvalue weighted by atomic mass is 16.5. The number of nitrogens with one attached hydrogen (secondary N) is 1. The van der Waals surface area contributed by atoms with Gasteiger partial charge in [0, 0.05) is 6.07 Å². The van der Waals surface area contributed by atoms with Crippen molar-refractivity contribution in [3.8, 4) is 17.2 Å². The molecule has 24 heavy (non-hydrogen) atoms. The average Bonchev–Trinajstić information content (AvgIpc) is 2.59. The molecular weight excluding hydrogens is 308 g/mol. The highest BCUT2D eigenvalue weighted by molar-refractivity contribution is 5.90.